The van der Waals surface area contributed by atoms with Crippen LogP contribution in [-0.4, -0.2) is 22.6 Å². The minimum atomic E-state index is 0.189. The zero-order chi connectivity index (χ0) is 12.0. The molecule has 4 nitrogen and oxygen atoms in total. The van der Waals surface area contributed by atoms with Gasteiger partial charge in [-0.15, -0.1) is 0 Å². The molecule has 0 aliphatic rings. The van der Waals surface area contributed by atoms with E-state index in [-0.39, 0.29) is 11.8 Å². The van der Waals surface area contributed by atoms with Crippen molar-refractivity contribution in [3.8, 4) is 6.07 Å². The van der Waals surface area contributed by atoms with Gasteiger partial charge in [-0.2, -0.15) is 9.64 Å². The van der Waals surface area contributed by atoms with Crippen LogP contribution in [0.2, 0.25) is 5.15 Å². The zero-order valence-corrected chi connectivity index (χ0v) is 10.6. The Morgan fingerprint density at radius 2 is 2.44 bits per heavy atom. The Morgan fingerprint density at radius 1 is 1.69 bits per heavy atom. The van der Waals surface area contributed by atoms with E-state index >= 15 is 0 Å². The fourth-order valence-corrected chi connectivity index (χ4v) is 2.30. The van der Waals surface area contributed by atoms with E-state index in [0.717, 1.165) is 19.4 Å². The molecule has 0 saturated carbocycles. The first-order chi connectivity index (χ1) is 7.72. The first-order valence-electron chi connectivity index (χ1n) is 5.12. The largest absolute Gasteiger partial charge is 0.396 e. The summed E-state index contributed by atoms with van der Waals surface area (Å²) in [7, 11) is 0. The average molecular weight is 260 g/mol. The lowest BCUT2D eigenvalue weighted by molar-refractivity contribution is 0.258. The molecule has 0 radical (unpaired) electrons. The lowest BCUT2D eigenvalue weighted by Crippen LogP contribution is -2.14. The lowest BCUT2D eigenvalue weighted by atomic mass is 10.0. The number of rotatable bonds is 6. The number of anilines is 1. The predicted molar refractivity (Wildman–Crippen MR) is 65.8 cm³/mol. The Kier molecular flexibility index (Phi) is 5.53. The molecule has 1 aromatic heterocycles. The number of hydrogen-bond donors (Lipinski definition) is 2. The molecule has 0 spiro atoms. The van der Waals surface area contributed by atoms with Crippen LogP contribution >= 0.6 is 23.1 Å². The molecule has 1 heterocycles. The second-order valence-corrected chi connectivity index (χ2v) is 4.59. The maximum Gasteiger partial charge on any atom is 0.162 e. The summed E-state index contributed by atoms with van der Waals surface area (Å²) in [6.45, 7) is 2.99. The SMILES string of the molecule is CC[C@H](CCO)CNc1snc(Cl)c1C#N. The summed E-state index contributed by atoms with van der Waals surface area (Å²) >= 11 is 6.95. The van der Waals surface area contributed by atoms with Gasteiger partial charge in [0.25, 0.3) is 0 Å². The number of nitriles is 1. The van der Waals surface area contributed by atoms with Crippen molar-refractivity contribution >= 4 is 28.1 Å². The molecule has 0 unspecified atom stereocenters. The summed E-state index contributed by atoms with van der Waals surface area (Å²) in [5, 5.41) is 21.9. The van der Waals surface area contributed by atoms with Gasteiger partial charge in [0.2, 0.25) is 0 Å². The highest BCUT2D eigenvalue weighted by atomic mass is 35.5. The van der Waals surface area contributed by atoms with Crippen LogP contribution in [0.1, 0.15) is 25.3 Å². The van der Waals surface area contributed by atoms with Crippen LogP contribution in [0.15, 0.2) is 0 Å². The Hall–Kier alpha value is -0.830. The normalized spacial score (nSPS) is 12.1. The number of aliphatic hydroxyl groups is 1. The highest BCUT2D eigenvalue weighted by Gasteiger charge is 2.13. The molecule has 0 aromatic carbocycles. The molecule has 16 heavy (non-hydrogen) atoms. The third-order valence-electron chi connectivity index (χ3n) is 2.43. The fourth-order valence-electron chi connectivity index (χ4n) is 1.36. The summed E-state index contributed by atoms with van der Waals surface area (Å²) < 4.78 is 3.91. The minimum Gasteiger partial charge on any atom is -0.396 e. The van der Waals surface area contributed by atoms with Crippen LogP contribution in [0.5, 0.6) is 0 Å². The van der Waals surface area contributed by atoms with Crippen LogP contribution in [-0.2, 0) is 0 Å². The number of aliphatic hydroxyl groups excluding tert-OH is 1. The second kappa shape index (κ2) is 6.69. The number of hydrogen-bond acceptors (Lipinski definition) is 5. The van der Waals surface area contributed by atoms with Crippen LogP contribution in [0.4, 0.5) is 5.00 Å². The van der Waals surface area contributed by atoms with E-state index < -0.39 is 0 Å². The number of nitrogens with zero attached hydrogens (tertiary/aromatic N) is 2. The standard InChI is InChI=1S/C10H14ClN3OS/c1-2-7(3-4-15)6-13-10-8(5-12)9(11)14-16-10/h7,13,15H,2-4,6H2,1H3/t7-/m1/s1. The van der Waals surface area contributed by atoms with Crippen molar-refractivity contribution in [2.45, 2.75) is 19.8 Å². The summed E-state index contributed by atoms with van der Waals surface area (Å²) in [6, 6.07) is 2.02. The van der Waals surface area contributed by atoms with Gasteiger partial charge in [0.1, 0.15) is 16.6 Å². The number of nitrogens with one attached hydrogen (secondary N) is 1. The van der Waals surface area contributed by atoms with E-state index in [2.05, 4.69) is 16.6 Å². The molecule has 0 bridgehead atoms. The third kappa shape index (κ3) is 3.34. The second-order valence-electron chi connectivity index (χ2n) is 3.46. The van der Waals surface area contributed by atoms with Gasteiger partial charge in [0.15, 0.2) is 5.15 Å². The molecule has 0 fully saturated rings. The molecule has 0 aliphatic heterocycles. The van der Waals surface area contributed by atoms with E-state index in [0.29, 0.717) is 16.5 Å². The van der Waals surface area contributed by atoms with Crippen LogP contribution in [0, 0.1) is 17.2 Å². The molecule has 6 heteroatoms. The van der Waals surface area contributed by atoms with Gasteiger partial charge in [-0.05, 0) is 23.9 Å². The smallest absolute Gasteiger partial charge is 0.162 e. The molecule has 2 N–H and O–H groups in total. The Morgan fingerprint density at radius 3 is 3.00 bits per heavy atom. The van der Waals surface area contributed by atoms with Crippen molar-refractivity contribution in [3.05, 3.63) is 10.7 Å². The molecule has 1 atom stereocenters. The van der Waals surface area contributed by atoms with E-state index in [1.165, 1.54) is 11.5 Å². The highest BCUT2D eigenvalue weighted by Crippen LogP contribution is 2.27. The Bertz CT molecular complexity index is 375. The van der Waals surface area contributed by atoms with E-state index in [9.17, 15) is 0 Å². The van der Waals surface area contributed by atoms with Crippen molar-refractivity contribution in [2.75, 3.05) is 18.5 Å². The summed E-state index contributed by atoms with van der Waals surface area (Å²) in [6.07, 6.45) is 1.75. The maximum absolute atomic E-state index is 8.87. The molecule has 0 saturated heterocycles. The topological polar surface area (TPSA) is 68.9 Å². The molecule has 1 aromatic rings. The van der Waals surface area contributed by atoms with Crippen molar-refractivity contribution in [1.29, 1.82) is 5.26 Å². The van der Waals surface area contributed by atoms with E-state index in [1.807, 2.05) is 6.07 Å². The quantitative estimate of drug-likeness (QED) is 0.824. The molecular formula is C10H14ClN3OS. The first kappa shape index (κ1) is 13.2. The van der Waals surface area contributed by atoms with Crippen LogP contribution in [0.25, 0.3) is 0 Å². The van der Waals surface area contributed by atoms with Gasteiger partial charge < -0.3 is 10.4 Å². The van der Waals surface area contributed by atoms with Crippen molar-refractivity contribution in [2.24, 2.45) is 5.92 Å². The van der Waals surface area contributed by atoms with Gasteiger partial charge in [-0.3, -0.25) is 0 Å². The van der Waals surface area contributed by atoms with Crippen LogP contribution in [0.3, 0.4) is 0 Å². The summed E-state index contributed by atoms with van der Waals surface area (Å²) in [5.74, 6) is 0.400. The zero-order valence-electron chi connectivity index (χ0n) is 9.03. The van der Waals surface area contributed by atoms with E-state index in [1.54, 1.807) is 0 Å². The molecule has 0 amide bonds. The lowest BCUT2D eigenvalue weighted by Gasteiger charge is -2.13. The monoisotopic (exact) mass is 259 g/mol. The fraction of sp³-hybridized carbons (Fsp3) is 0.600. The van der Waals surface area contributed by atoms with Gasteiger partial charge in [-0.25, -0.2) is 0 Å². The van der Waals surface area contributed by atoms with Gasteiger partial charge >= 0.3 is 0 Å². The first-order valence-corrected chi connectivity index (χ1v) is 6.28. The van der Waals surface area contributed by atoms with Gasteiger partial charge in [0.05, 0.1) is 0 Å². The van der Waals surface area contributed by atoms with Gasteiger partial charge in [-0.1, -0.05) is 24.9 Å². The molecule has 0 aliphatic carbocycles. The third-order valence-corrected chi connectivity index (χ3v) is 3.61. The maximum atomic E-state index is 8.87. The minimum absolute atomic E-state index is 0.189. The Balaban J connectivity index is 2.57. The summed E-state index contributed by atoms with van der Waals surface area (Å²) in [4.78, 5) is 0. The van der Waals surface area contributed by atoms with Crippen molar-refractivity contribution in [1.82, 2.24) is 4.37 Å². The van der Waals surface area contributed by atoms with E-state index in [4.69, 9.17) is 22.0 Å². The molecule has 88 valence electrons. The van der Waals surface area contributed by atoms with Crippen molar-refractivity contribution in [3.63, 3.8) is 0 Å². The Labute approximate surface area is 104 Å². The van der Waals surface area contributed by atoms with Crippen LogP contribution < -0.4 is 5.32 Å². The highest BCUT2D eigenvalue weighted by molar-refractivity contribution is 7.10. The number of halogens is 1. The molecular weight excluding hydrogens is 246 g/mol. The average Bonchev–Trinajstić information content (AvgIpc) is 2.65. The van der Waals surface area contributed by atoms with Crippen molar-refractivity contribution < 1.29 is 5.11 Å². The molecule has 1 rings (SSSR count). The van der Waals surface area contributed by atoms with Gasteiger partial charge in [0, 0.05) is 13.2 Å². The summed E-state index contributed by atoms with van der Waals surface area (Å²) in [5.41, 5.74) is 0.408. The number of aromatic nitrogens is 1. The predicted octanol–water partition coefficient (Wildman–Crippen LogP) is 2.49.